The van der Waals surface area contributed by atoms with Crippen molar-refractivity contribution in [1.82, 2.24) is 9.88 Å². The summed E-state index contributed by atoms with van der Waals surface area (Å²) in [5.74, 6) is 1.01. The highest BCUT2D eigenvalue weighted by Gasteiger charge is 2.21. The van der Waals surface area contributed by atoms with E-state index in [0.717, 1.165) is 26.8 Å². The van der Waals surface area contributed by atoms with Crippen molar-refractivity contribution in [3.63, 3.8) is 0 Å². The van der Waals surface area contributed by atoms with Crippen molar-refractivity contribution in [2.45, 2.75) is 32.2 Å². The van der Waals surface area contributed by atoms with Crippen LogP contribution in [-0.2, 0) is 4.79 Å². The summed E-state index contributed by atoms with van der Waals surface area (Å²) < 4.78 is 7.02. The van der Waals surface area contributed by atoms with Gasteiger partial charge in [-0.15, -0.1) is 0 Å². The summed E-state index contributed by atoms with van der Waals surface area (Å²) in [6.45, 7) is 3.19. The average molecular weight is 396 g/mol. The fraction of sp³-hybridized carbons (Fsp3) is 0.471. The van der Waals surface area contributed by atoms with Crippen LogP contribution in [0.25, 0.3) is 10.2 Å². The van der Waals surface area contributed by atoms with Gasteiger partial charge in [-0.05, 0) is 44.4 Å². The standard InChI is InChI=1S/C17H21N3O2S3/c1-11-5-3-4-8-20(11)17(23)24-10-15(21)19-16-18-13-7-6-12(22-2)9-14(13)25-16/h6-7,9,11H,3-5,8,10H2,1-2H3,(H,18,19,21). The Kier molecular flexibility index (Phi) is 6.14. The molecule has 0 bridgehead atoms. The topological polar surface area (TPSA) is 54.5 Å². The van der Waals surface area contributed by atoms with Crippen LogP contribution in [0.5, 0.6) is 5.75 Å². The molecule has 25 heavy (non-hydrogen) atoms. The third-order valence-electron chi connectivity index (χ3n) is 4.21. The number of amides is 1. The van der Waals surface area contributed by atoms with Crippen LogP contribution in [0.2, 0.25) is 0 Å². The molecule has 1 aliphatic rings. The number of anilines is 1. The van der Waals surface area contributed by atoms with Gasteiger partial charge in [0.1, 0.15) is 10.1 Å². The summed E-state index contributed by atoms with van der Waals surface area (Å²) in [5, 5.41) is 3.47. The van der Waals surface area contributed by atoms with Crippen LogP contribution in [0.1, 0.15) is 26.2 Å². The summed E-state index contributed by atoms with van der Waals surface area (Å²) in [6, 6.07) is 6.14. The first-order valence-corrected chi connectivity index (χ1v) is 10.5. The number of carbonyl (C=O) groups excluding carboxylic acids is 1. The first kappa shape index (κ1) is 18.4. The number of rotatable bonds is 4. The molecule has 1 fully saturated rings. The van der Waals surface area contributed by atoms with Gasteiger partial charge in [0.15, 0.2) is 5.13 Å². The zero-order valence-corrected chi connectivity index (χ0v) is 16.7. The maximum absolute atomic E-state index is 12.2. The maximum Gasteiger partial charge on any atom is 0.236 e. The van der Waals surface area contributed by atoms with Crippen molar-refractivity contribution in [1.29, 1.82) is 0 Å². The largest absolute Gasteiger partial charge is 0.497 e. The van der Waals surface area contributed by atoms with Gasteiger partial charge in [0.05, 0.1) is 23.1 Å². The maximum atomic E-state index is 12.2. The van der Waals surface area contributed by atoms with Crippen molar-refractivity contribution in [2.75, 3.05) is 24.7 Å². The van der Waals surface area contributed by atoms with Gasteiger partial charge < -0.3 is 15.0 Å². The number of nitrogens with one attached hydrogen (secondary N) is 1. The first-order chi connectivity index (χ1) is 12.1. The molecule has 8 heteroatoms. The zero-order chi connectivity index (χ0) is 17.8. The van der Waals surface area contributed by atoms with E-state index in [9.17, 15) is 4.79 Å². The molecule has 1 aliphatic heterocycles. The third kappa shape index (κ3) is 4.62. The molecule has 0 aliphatic carbocycles. The SMILES string of the molecule is COc1ccc2nc(NC(=O)CSC(=S)N3CCCCC3C)sc2c1. The number of thiocarbonyl (C=S) groups is 1. The van der Waals surface area contributed by atoms with Gasteiger partial charge in [-0.2, -0.15) is 0 Å². The highest BCUT2D eigenvalue weighted by molar-refractivity contribution is 8.23. The van der Waals surface area contributed by atoms with E-state index >= 15 is 0 Å². The van der Waals surface area contributed by atoms with Crippen LogP contribution in [0.15, 0.2) is 18.2 Å². The number of likely N-dealkylation sites (tertiary alicyclic amines) is 1. The number of fused-ring (bicyclic) bond motifs is 1. The van der Waals surface area contributed by atoms with Crippen LogP contribution in [-0.4, -0.2) is 45.6 Å². The Morgan fingerprint density at radius 3 is 3.12 bits per heavy atom. The Hall–Kier alpha value is -1.38. The molecule has 1 aromatic carbocycles. The molecule has 1 N–H and O–H groups in total. The van der Waals surface area contributed by atoms with E-state index < -0.39 is 0 Å². The Labute approximate surface area is 161 Å². The summed E-state index contributed by atoms with van der Waals surface area (Å²) in [5.41, 5.74) is 0.853. The Morgan fingerprint density at radius 2 is 2.36 bits per heavy atom. The molecular weight excluding hydrogens is 374 g/mol. The molecule has 1 aromatic heterocycles. The number of hydrogen-bond donors (Lipinski definition) is 1. The highest BCUT2D eigenvalue weighted by Crippen LogP contribution is 2.29. The van der Waals surface area contributed by atoms with Gasteiger partial charge in [0.25, 0.3) is 0 Å². The van der Waals surface area contributed by atoms with Crippen LogP contribution in [0, 0.1) is 0 Å². The molecule has 1 amide bonds. The van der Waals surface area contributed by atoms with Crippen molar-refractivity contribution in [3.8, 4) is 5.75 Å². The lowest BCUT2D eigenvalue weighted by Gasteiger charge is -2.34. The second-order valence-corrected chi connectivity index (χ2v) is 8.63. The van der Waals surface area contributed by atoms with Crippen molar-refractivity contribution < 1.29 is 9.53 Å². The number of piperidine rings is 1. The van der Waals surface area contributed by atoms with E-state index in [-0.39, 0.29) is 5.91 Å². The lowest BCUT2D eigenvalue weighted by atomic mass is 10.1. The summed E-state index contributed by atoms with van der Waals surface area (Å²) in [6.07, 6.45) is 3.60. The Bertz CT molecular complexity index is 778. The molecule has 1 unspecified atom stereocenters. The second-order valence-electron chi connectivity index (χ2n) is 5.99. The minimum Gasteiger partial charge on any atom is -0.497 e. The minimum absolute atomic E-state index is 0.0805. The van der Waals surface area contributed by atoms with E-state index in [4.69, 9.17) is 17.0 Å². The molecule has 0 saturated carbocycles. The number of ether oxygens (including phenoxy) is 1. The first-order valence-electron chi connectivity index (χ1n) is 8.24. The average Bonchev–Trinajstić information content (AvgIpc) is 3.01. The fourth-order valence-electron chi connectivity index (χ4n) is 2.82. The monoisotopic (exact) mass is 395 g/mol. The molecule has 1 saturated heterocycles. The Morgan fingerprint density at radius 1 is 1.52 bits per heavy atom. The molecule has 3 rings (SSSR count). The van der Waals surface area contributed by atoms with Crippen LogP contribution >= 0.6 is 35.3 Å². The predicted molar refractivity (Wildman–Crippen MR) is 110 cm³/mol. The number of aromatic nitrogens is 1. The number of carbonyl (C=O) groups is 1. The molecule has 134 valence electrons. The zero-order valence-electron chi connectivity index (χ0n) is 14.3. The minimum atomic E-state index is -0.0805. The quantitative estimate of drug-likeness (QED) is 0.786. The highest BCUT2D eigenvalue weighted by atomic mass is 32.2. The number of thiazole rings is 1. The van der Waals surface area contributed by atoms with Gasteiger partial charge in [-0.3, -0.25) is 4.79 Å². The molecular formula is C17H21N3O2S3. The summed E-state index contributed by atoms with van der Waals surface area (Å²) in [4.78, 5) is 18.9. The van der Waals surface area contributed by atoms with Crippen molar-refractivity contribution in [2.24, 2.45) is 0 Å². The smallest absolute Gasteiger partial charge is 0.236 e. The van der Waals surface area contributed by atoms with E-state index in [0.29, 0.717) is 16.9 Å². The lowest BCUT2D eigenvalue weighted by Crippen LogP contribution is -2.40. The summed E-state index contributed by atoms with van der Waals surface area (Å²) in [7, 11) is 1.63. The van der Waals surface area contributed by atoms with E-state index in [1.54, 1.807) is 7.11 Å². The van der Waals surface area contributed by atoms with Gasteiger partial charge >= 0.3 is 0 Å². The number of nitrogens with zero attached hydrogens (tertiary/aromatic N) is 2. The molecule has 0 radical (unpaired) electrons. The number of methoxy groups -OCH3 is 1. The second kappa shape index (κ2) is 8.33. The summed E-state index contributed by atoms with van der Waals surface area (Å²) >= 11 is 8.37. The van der Waals surface area contributed by atoms with Crippen LogP contribution < -0.4 is 10.1 Å². The van der Waals surface area contributed by atoms with E-state index in [1.807, 2.05) is 18.2 Å². The predicted octanol–water partition coefficient (Wildman–Crippen LogP) is 4.14. The van der Waals surface area contributed by atoms with Crippen molar-refractivity contribution >= 4 is 60.9 Å². The normalized spacial score (nSPS) is 17.5. The van der Waals surface area contributed by atoms with Gasteiger partial charge in [0.2, 0.25) is 5.91 Å². The van der Waals surface area contributed by atoms with Gasteiger partial charge in [0, 0.05) is 12.6 Å². The third-order valence-corrected chi connectivity index (χ3v) is 6.62. The van der Waals surface area contributed by atoms with Gasteiger partial charge in [-0.1, -0.05) is 35.3 Å². The number of hydrogen-bond acceptors (Lipinski definition) is 6. The van der Waals surface area contributed by atoms with E-state index in [2.05, 4.69) is 22.1 Å². The number of benzene rings is 1. The fourth-order valence-corrected chi connectivity index (χ4v) is 4.94. The van der Waals surface area contributed by atoms with Crippen molar-refractivity contribution in [3.05, 3.63) is 18.2 Å². The molecule has 0 spiro atoms. The number of thioether (sulfide) groups is 1. The molecule has 1 atom stereocenters. The van der Waals surface area contributed by atoms with Gasteiger partial charge in [-0.25, -0.2) is 4.98 Å². The molecule has 2 aromatic rings. The van der Waals surface area contributed by atoms with Crippen LogP contribution in [0.3, 0.4) is 0 Å². The lowest BCUT2D eigenvalue weighted by molar-refractivity contribution is -0.113. The van der Waals surface area contributed by atoms with Crippen LogP contribution in [0.4, 0.5) is 5.13 Å². The Balaban J connectivity index is 1.54. The molecule has 5 nitrogen and oxygen atoms in total. The van der Waals surface area contributed by atoms with E-state index in [1.165, 1.54) is 42.4 Å². The molecule has 2 heterocycles.